The van der Waals surface area contributed by atoms with Gasteiger partial charge in [0.2, 0.25) is 0 Å². The molecule has 3 nitrogen and oxygen atoms in total. The van der Waals surface area contributed by atoms with E-state index < -0.39 is 0 Å². The molecule has 0 saturated heterocycles. The summed E-state index contributed by atoms with van der Waals surface area (Å²) in [5, 5.41) is 0. The van der Waals surface area contributed by atoms with Gasteiger partial charge in [-0.15, -0.1) is 11.6 Å². The Morgan fingerprint density at radius 3 is 2.68 bits per heavy atom. The third-order valence-corrected chi connectivity index (χ3v) is 3.29. The Morgan fingerprint density at radius 1 is 1.05 bits per heavy atom. The minimum absolute atomic E-state index is 0.575. The lowest BCUT2D eigenvalue weighted by Crippen LogP contribution is -2.07. The Morgan fingerprint density at radius 2 is 1.89 bits per heavy atom. The number of imidazole rings is 1. The number of hydrogen-bond donors (Lipinski definition) is 0. The molecule has 4 heteroatoms. The van der Waals surface area contributed by atoms with Gasteiger partial charge >= 0.3 is 0 Å². The van der Waals surface area contributed by atoms with Crippen molar-refractivity contribution in [2.75, 3.05) is 5.88 Å². The normalized spacial score (nSPS) is 11.0. The smallest absolute Gasteiger partial charge is 0.111 e. The van der Waals surface area contributed by atoms with Crippen LogP contribution in [0.1, 0.15) is 11.5 Å². The van der Waals surface area contributed by atoms with Crippen molar-refractivity contribution in [1.82, 2.24) is 14.5 Å². The van der Waals surface area contributed by atoms with Crippen LogP contribution in [-0.4, -0.2) is 20.4 Å². The topological polar surface area (TPSA) is 30.7 Å². The number of aromatic nitrogens is 3. The second kappa shape index (κ2) is 5.41. The average Bonchev–Trinajstić information content (AvgIpc) is 2.79. The summed E-state index contributed by atoms with van der Waals surface area (Å²) in [6.07, 6.45) is 2.58. The summed E-state index contributed by atoms with van der Waals surface area (Å²) >= 11 is 5.87. The Hall–Kier alpha value is -1.87. The summed E-state index contributed by atoms with van der Waals surface area (Å²) in [7, 11) is 0. The second-order valence-corrected chi connectivity index (χ2v) is 4.74. The molecule has 0 atom stereocenters. The van der Waals surface area contributed by atoms with Gasteiger partial charge in [-0.25, -0.2) is 4.98 Å². The van der Waals surface area contributed by atoms with Crippen molar-refractivity contribution in [3.05, 3.63) is 60.2 Å². The Labute approximate surface area is 116 Å². The molecule has 19 heavy (non-hydrogen) atoms. The molecule has 2 heterocycles. The standard InChI is InChI=1S/C15H14ClN3/c16-9-8-15-18-13-6-1-2-7-14(13)19(15)11-12-5-3-4-10-17-12/h1-7,10H,8-9,11H2. The summed E-state index contributed by atoms with van der Waals surface area (Å²) in [5.74, 6) is 1.59. The fourth-order valence-corrected chi connectivity index (χ4v) is 2.40. The van der Waals surface area contributed by atoms with Crippen LogP contribution >= 0.6 is 11.6 Å². The average molecular weight is 272 g/mol. The molecule has 0 aliphatic rings. The molecule has 0 unspecified atom stereocenters. The number of fused-ring (bicyclic) bond motifs is 1. The van der Waals surface area contributed by atoms with Crippen molar-refractivity contribution in [3.63, 3.8) is 0 Å². The van der Waals surface area contributed by atoms with Crippen LogP contribution in [0.3, 0.4) is 0 Å². The molecule has 3 aromatic rings. The van der Waals surface area contributed by atoms with Gasteiger partial charge in [0.25, 0.3) is 0 Å². The highest BCUT2D eigenvalue weighted by molar-refractivity contribution is 6.17. The van der Waals surface area contributed by atoms with Crippen LogP contribution in [0, 0.1) is 0 Å². The maximum Gasteiger partial charge on any atom is 0.111 e. The molecule has 0 aliphatic carbocycles. The molecule has 2 aromatic heterocycles. The number of alkyl halides is 1. The van der Waals surface area contributed by atoms with E-state index in [0.29, 0.717) is 5.88 Å². The van der Waals surface area contributed by atoms with Crippen LogP contribution in [0.4, 0.5) is 0 Å². The van der Waals surface area contributed by atoms with E-state index in [-0.39, 0.29) is 0 Å². The predicted octanol–water partition coefficient (Wildman–Crippen LogP) is 3.26. The molecule has 0 aliphatic heterocycles. The molecule has 0 N–H and O–H groups in total. The first-order valence-electron chi connectivity index (χ1n) is 6.28. The zero-order chi connectivity index (χ0) is 13.1. The van der Waals surface area contributed by atoms with Gasteiger partial charge in [0.1, 0.15) is 5.82 Å². The summed E-state index contributed by atoms with van der Waals surface area (Å²) in [6.45, 7) is 0.730. The summed E-state index contributed by atoms with van der Waals surface area (Å²) in [4.78, 5) is 9.03. The Bertz CT molecular complexity index is 676. The van der Waals surface area contributed by atoms with E-state index in [2.05, 4.69) is 20.6 Å². The van der Waals surface area contributed by atoms with Crippen molar-refractivity contribution < 1.29 is 0 Å². The zero-order valence-corrected chi connectivity index (χ0v) is 11.2. The van der Waals surface area contributed by atoms with E-state index in [1.807, 2.05) is 42.6 Å². The van der Waals surface area contributed by atoms with Crippen LogP contribution in [0.15, 0.2) is 48.7 Å². The monoisotopic (exact) mass is 271 g/mol. The van der Waals surface area contributed by atoms with Crippen LogP contribution in [0.2, 0.25) is 0 Å². The van der Waals surface area contributed by atoms with Gasteiger partial charge in [-0.2, -0.15) is 0 Å². The van der Waals surface area contributed by atoms with Gasteiger partial charge in [0.15, 0.2) is 0 Å². The third kappa shape index (κ3) is 2.47. The van der Waals surface area contributed by atoms with Gasteiger partial charge in [0.05, 0.1) is 23.3 Å². The van der Waals surface area contributed by atoms with Gasteiger partial charge in [0, 0.05) is 18.5 Å². The van der Waals surface area contributed by atoms with Gasteiger partial charge < -0.3 is 4.57 Å². The molecule has 1 aromatic carbocycles. The van der Waals surface area contributed by atoms with Crippen LogP contribution < -0.4 is 0 Å². The van der Waals surface area contributed by atoms with E-state index in [4.69, 9.17) is 11.6 Å². The zero-order valence-electron chi connectivity index (χ0n) is 10.5. The minimum atomic E-state index is 0.575. The van der Waals surface area contributed by atoms with E-state index in [9.17, 15) is 0 Å². The molecule has 3 rings (SSSR count). The number of pyridine rings is 1. The largest absolute Gasteiger partial charge is 0.322 e. The third-order valence-electron chi connectivity index (χ3n) is 3.10. The predicted molar refractivity (Wildman–Crippen MR) is 77.5 cm³/mol. The van der Waals surface area contributed by atoms with E-state index in [0.717, 1.165) is 35.5 Å². The Kier molecular flexibility index (Phi) is 3.47. The fourth-order valence-electron chi connectivity index (χ4n) is 2.23. The number of rotatable bonds is 4. The van der Waals surface area contributed by atoms with E-state index >= 15 is 0 Å². The Balaban J connectivity index is 2.07. The SMILES string of the molecule is ClCCc1nc2ccccc2n1Cc1ccccn1. The highest BCUT2D eigenvalue weighted by atomic mass is 35.5. The minimum Gasteiger partial charge on any atom is -0.322 e. The van der Waals surface area contributed by atoms with Crippen molar-refractivity contribution in [1.29, 1.82) is 0 Å². The number of hydrogen-bond acceptors (Lipinski definition) is 2. The molecule has 0 fully saturated rings. The van der Waals surface area contributed by atoms with Gasteiger partial charge in [-0.3, -0.25) is 4.98 Å². The molecular weight excluding hydrogens is 258 g/mol. The molecule has 0 saturated carbocycles. The van der Waals surface area contributed by atoms with Crippen LogP contribution in [0.5, 0.6) is 0 Å². The highest BCUT2D eigenvalue weighted by Crippen LogP contribution is 2.18. The maximum atomic E-state index is 5.87. The molecule has 0 spiro atoms. The highest BCUT2D eigenvalue weighted by Gasteiger charge is 2.10. The van der Waals surface area contributed by atoms with Crippen LogP contribution in [-0.2, 0) is 13.0 Å². The van der Waals surface area contributed by atoms with Crippen molar-refractivity contribution in [2.45, 2.75) is 13.0 Å². The number of halogens is 1. The van der Waals surface area contributed by atoms with E-state index in [1.165, 1.54) is 0 Å². The quantitative estimate of drug-likeness (QED) is 0.682. The number of nitrogens with zero attached hydrogens (tertiary/aromatic N) is 3. The van der Waals surface area contributed by atoms with Gasteiger partial charge in [-0.05, 0) is 24.3 Å². The lowest BCUT2D eigenvalue weighted by molar-refractivity contribution is 0.738. The number of benzene rings is 1. The first kappa shape index (κ1) is 12.2. The number of aryl methyl sites for hydroxylation is 1. The molecular formula is C15H14ClN3. The van der Waals surface area contributed by atoms with Crippen molar-refractivity contribution >= 4 is 22.6 Å². The van der Waals surface area contributed by atoms with Crippen LogP contribution in [0.25, 0.3) is 11.0 Å². The first-order chi connectivity index (χ1) is 9.38. The summed E-state index contributed by atoms with van der Waals surface area (Å²) in [5.41, 5.74) is 3.17. The lowest BCUT2D eigenvalue weighted by atomic mass is 10.3. The lowest BCUT2D eigenvalue weighted by Gasteiger charge is -2.07. The van der Waals surface area contributed by atoms with Gasteiger partial charge in [-0.1, -0.05) is 18.2 Å². The fraction of sp³-hybridized carbons (Fsp3) is 0.200. The molecule has 0 radical (unpaired) electrons. The van der Waals surface area contributed by atoms with Crippen molar-refractivity contribution in [3.8, 4) is 0 Å². The number of para-hydroxylation sites is 2. The maximum absolute atomic E-state index is 5.87. The first-order valence-corrected chi connectivity index (χ1v) is 6.82. The molecule has 96 valence electrons. The van der Waals surface area contributed by atoms with Crippen molar-refractivity contribution in [2.24, 2.45) is 0 Å². The summed E-state index contributed by atoms with van der Waals surface area (Å²) < 4.78 is 2.19. The summed E-state index contributed by atoms with van der Waals surface area (Å²) in [6, 6.07) is 14.1. The molecule has 0 amide bonds. The molecule has 0 bridgehead atoms. The van der Waals surface area contributed by atoms with E-state index in [1.54, 1.807) is 0 Å². The second-order valence-electron chi connectivity index (χ2n) is 4.36.